The smallest absolute Gasteiger partial charge is 0.325 e. The van der Waals surface area contributed by atoms with E-state index in [2.05, 4.69) is 20.7 Å². The van der Waals surface area contributed by atoms with Crippen molar-refractivity contribution in [3.05, 3.63) is 29.8 Å². The van der Waals surface area contributed by atoms with Gasteiger partial charge in [0.2, 0.25) is 5.91 Å². The first-order valence-electron chi connectivity index (χ1n) is 7.54. The molecule has 8 heteroatoms. The zero-order chi connectivity index (χ0) is 16.7. The number of benzene rings is 1. The molecule has 0 heterocycles. The van der Waals surface area contributed by atoms with E-state index in [0.717, 1.165) is 12.5 Å². The van der Waals surface area contributed by atoms with Crippen LogP contribution in [0.1, 0.15) is 23.2 Å². The van der Waals surface area contributed by atoms with Crippen LogP contribution in [-0.2, 0) is 14.3 Å². The Morgan fingerprint density at radius 1 is 1.12 bits per heavy atom. The Kier molecular flexibility index (Phi) is 8.21. The van der Waals surface area contributed by atoms with Crippen molar-refractivity contribution in [3.63, 3.8) is 0 Å². The summed E-state index contributed by atoms with van der Waals surface area (Å²) in [6.07, 6.45) is 2.49. The Morgan fingerprint density at radius 3 is 2.38 bits per heavy atom. The quantitative estimate of drug-likeness (QED) is 0.603. The third kappa shape index (κ3) is 6.97. The Labute approximate surface area is 146 Å². The molecule has 1 aromatic carbocycles. The number of carbonyl (C=O) groups is 3. The molecule has 0 aliphatic heterocycles. The maximum absolute atomic E-state index is 11.8. The van der Waals surface area contributed by atoms with E-state index in [1.165, 1.54) is 20.0 Å². The molecule has 0 unspecified atom stereocenters. The summed E-state index contributed by atoms with van der Waals surface area (Å²) in [5, 5.41) is 8.31. The summed E-state index contributed by atoms with van der Waals surface area (Å²) in [6.45, 7) is 0.977. The number of hydrogen-bond acceptors (Lipinski definition) is 5. The molecular weight excluding hydrogens is 334 g/mol. The molecule has 2 amide bonds. The van der Waals surface area contributed by atoms with Gasteiger partial charge in [0.25, 0.3) is 5.91 Å². The number of carbonyl (C=O) groups excluding carboxylic acids is 3. The Balaban J connectivity index is 0.00000288. The first kappa shape index (κ1) is 19.9. The summed E-state index contributed by atoms with van der Waals surface area (Å²) in [7, 11) is 1.26. The molecule has 2 rings (SSSR count). The molecule has 3 N–H and O–H groups in total. The first-order chi connectivity index (χ1) is 11.1. The van der Waals surface area contributed by atoms with Crippen LogP contribution in [0.3, 0.4) is 0 Å². The minimum Gasteiger partial charge on any atom is -0.468 e. The summed E-state index contributed by atoms with van der Waals surface area (Å²) >= 11 is 0. The third-order valence-corrected chi connectivity index (χ3v) is 3.47. The normalized spacial score (nSPS) is 12.7. The fraction of sp³-hybridized carbons (Fsp3) is 0.438. The highest BCUT2D eigenvalue weighted by Crippen LogP contribution is 2.27. The lowest BCUT2D eigenvalue weighted by Gasteiger charge is -2.08. The van der Waals surface area contributed by atoms with E-state index in [1.54, 1.807) is 24.3 Å². The van der Waals surface area contributed by atoms with Crippen LogP contribution in [0.25, 0.3) is 0 Å². The molecule has 0 spiro atoms. The zero-order valence-corrected chi connectivity index (χ0v) is 14.3. The van der Waals surface area contributed by atoms with Crippen molar-refractivity contribution in [1.29, 1.82) is 0 Å². The molecule has 0 atom stereocenters. The van der Waals surface area contributed by atoms with Crippen LogP contribution in [0, 0.1) is 5.92 Å². The fourth-order valence-electron chi connectivity index (χ4n) is 1.95. The maximum atomic E-state index is 11.8. The van der Waals surface area contributed by atoms with Crippen LogP contribution < -0.4 is 16.0 Å². The molecule has 0 aromatic heterocycles. The highest BCUT2D eigenvalue weighted by Gasteiger charge is 2.20. The predicted octanol–water partition coefficient (Wildman–Crippen LogP) is 0.949. The highest BCUT2D eigenvalue weighted by molar-refractivity contribution is 5.97. The van der Waals surface area contributed by atoms with Gasteiger partial charge in [-0.25, -0.2) is 0 Å². The largest absolute Gasteiger partial charge is 0.468 e. The molecule has 1 saturated carbocycles. The van der Waals surface area contributed by atoms with Crippen LogP contribution in [0.5, 0.6) is 0 Å². The van der Waals surface area contributed by atoms with E-state index >= 15 is 0 Å². The number of methoxy groups -OCH3 is 1. The van der Waals surface area contributed by atoms with Crippen molar-refractivity contribution < 1.29 is 19.1 Å². The molecule has 1 fully saturated rings. The van der Waals surface area contributed by atoms with E-state index < -0.39 is 5.97 Å². The van der Waals surface area contributed by atoms with Crippen molar-refractivity contribution in [1.82, 2.24) is 10.6 Å². The van der Waals surface area contributed by atoms with E-state index in [1.807, 2.05) is 0 Å². The van der Waals surface area contributed by atoms with Gasteiger partial charge >= 0.3 is 5.97 Å². The van der Waals surface area contributed by atoms with Crippen molar-refractivity contribution in [2.45, 2.75) is 12.8 Å². The topological polar surface area (TPSA) is 96.5 Å². The average Bonchev–Trinajstić information content (AvgIpc) is 3.37. The lowest BCUT2D eigenvalue weighted by molar-refractivity contribution is -0.139. The van der Waals surface area contributed by atoms with Gasteiger partial charge in [-0.1, -0.05) is 0 Å². The zero-order valence-electron chi connectivity index (χ0n) is 13.5. The fourth-order valence-corrected chi connectivity index (χ4v) is 1.95. The molecule has 7 nitrogen and oxygen atoms in total. The minimum atomic E-state index is -0.513. The predicted molar refractivity (Wildman–Crippen MR) is 92.3 cm³/mol. The van der Waals surface area contributed by atoms with Gasteiger partial charge in [-0.05, 0) is 49.6 Å². The van der Waals surface area contributed by atoms with Gasteiger partial charge in [0.1, 0.15) is 6.54 Å². The van der Waals surface area contributed by atoms with Crippen molar-refractivity contribution in [2.75, 3.05) is 32.1 Å². The Bertz CT molecular complexity index is 573. The van der Waals surface area contributed by atoms with Crippen LogP contribution in [0.4, 0.5) is 5.69 Å². The second-order valence-corrected chi connectivity index (χ2v) is 5.46. The minimum absolute atomic E-state index is 0. The number of rotatable bonds is 8. The highest BCUT2D eigenvalue weighted by atomic mass is 35.5. The lowest BCUT2D eigenvalue weighted by Crippen LogP contribution is -2.30. The van der Waals surface area contributed by atoms with Crippen molar-refractivity contribution >= 4 is 35.9 Å². The number of halogens is 1. The van der Waals surface area contributed by atoms with Crippen LogP contribution >= 0.6 is 12.4 Å². The van der Waals surface area contributed by atoms with E-state index in [-0.39, 0.29) is 37.3 Å². The number of nitrogens with one attached hydrogen (secondary N) is 3. The molecule has 24 heavy (non-hydrogen) atoms. The monoisotopic (exact) mass is 355 g/mol. The number of hydrogen-bond donors (Lipinski definition) is 3. The Morgan fingerprint density at radius 2 is 1.79 bits per heavy atom. The van der Waals surface area contributed by atoms with Gasteiger partial charge in [-0.2, -0.15) is 0 Å². The van der Waals surface area contributed by atoms with Crippen LogP contribution in [-0.4, -0.2) is 44.5 Å². The number of anilines is 1. The van der Waals surface area contributed by atoms with Crippen molar-refractivity contribution in [2.24, 2.45) is 5.92 Å². The summed E-state index contributed by atoms with van der Waals surface area (Å²) in [5.74, 6) is -0.278. The first-order valence-corrected chi connectivity index (χ1v) is 7.54. The molecular formula is C16H22ClN3O4. The molecule has 0 radical (unpaired) electrons. The van der Waals surface area contributed by atoms with E-state index in [0.29, 0.717) is 11.3 Å². The molecule has 1 aliphatic carbocycles. The molecule has 0 bridgehead atoms. The number of ether oxygens (including phenoxy) is 1. The number of esters is 1. The van der Waals surface area contributed by atoms with Gasteiger partial charge in [-0.15, -0.1) is 12.4 Å². The Hall–Kier alpha value is -2.12. The second-order valence-electron chi connectivity index (χ2n) is 5.46. The summed E-state index contributed by atoms with van der Waals surface area (Å²) in [5.41, 5.74) is 1.02. The van der Waals surface area contributed by atoms with Crippen molar-refractivity contribution in [3.8, 4) is 0 Å². The van der Waals surface area contributed by atoms with E-state index in [4.69, 9.17) is 0 Å². The molecule has 1 aliphatic rings. The van der Waals surface area contributed by atoms with Crippen LogP contribution in [0.2, 0.25) is 0 Å². The van der Waals surface area contributed by atoms with Gasteiger partial charge in [0, 0.05) is 11.3 Å². The van der Waals surface area contributed by atoms with Gasteiger partial charge in [0.05, 0.1) is 13.7 Å². The summed E-state index contributed by atoms with van der Waals surface area (Å²) < 4.78 is 4.44. The van der Waals surface area contributed by atoms with E-state index in [9.17, 15) is 14.4 Å². The molecule has 132 valence electrons. The average molecular weight is 356 g/mol. The van der Waals surface area contributed by atoms with Gasteiger partial charge in [0.15, 0.2) is 0 Å². The van der Waals surface area contributed by atoms with Crippen LogP contribution in [0.15, 0.2) is 24.3 Å². The SMILES string of the molecule is COC(=O)CNC(=O)c1ccc(NC(=O)CNCC2CC2)cc1.Cl. The standard InChI is InChI=1S/C16H21N3O4.ClH/c1-23-15(21)10-18-16(22)12-4-6-13(7-5-12)19-14(20)9-17-8-11-2-3-11;/h4-7,11,17H,2-3,8-10H2,1H3,(H,18,22)(H,19,20);1H. The summed E-state index contributed by atoms with van der Waals surface area (Å²) in [4.78, 5) is 34.5. The van der Waals surface area contributed by atoms with Gasteiger partial charge < -0.3 is 20.7 Å². The number of amides is 2. The molecule has 0 saturated heterocycles. The van der Waals surface area contributed by atoms with Gasteiger partial charge in [-0.3, -0.25) is 14.4 Å². The third-order valence-electron chi connectivity index (χ3n) is 3.47. The maximum Gasteiger partial charge on any atom is 0.325 e. The molecule has 1 aromatic rings. The lowest BCUT2D eigenvalue weighted by atomic mass is 10.2. The second kappa shape index (κ2) is 9.89. The summed E-state index contributed by atoms with van der Waals surface area (Å²) in [6, 6.07) is 6.46.